The summed E-state index contributed by atoms with van der Waals surface area (Å²) < 4.78 is 27.4. The lowest BCUT2D eigenvalue weighted by Gasteiger charge is -2.27. The van der Waals surface area contributed by atoms with Crippen molar-refractivity contribution in [1.82, 2.24) is 14.6 Å². The molecule has 0 radical (unpaired) electrons. The summed E-state index contributed by atoms with van der Waals surface area (Å²) >= 11 is 0. The van der Waals surface area contributed by atoms with Gasteiger partial charge in [-0.1, -0.05) is 0 Å². The molecule has 8 nitrogen and oxygen atoms in total. The highest BCUT2D eigenvalue weighted by Crippen LogP contribution is 2.26. The summed E-state index contributed by atoms with van der Waals surface area (Å²) in [7, 11) is -3.97. The van der Waals surface area contributed by atoms with Crippen LogP contribution in [0, 0.1) is 13.8 Å². The minimum absolute atomic E-state index is 0.0824. The number of rotatable bonds is 6. The molecule has 0 atom stereocenters. The molecule has 1 aliphatic heterocycles. The van der Waals surface area contributed by atoms with Crippen LogP contribution >= 0.6 is 0 Å². The van der Waals surface area contributed by atoms with Crippen molar-refractivity contribution in [3.05, 3.63) is 17.0 Å². The summed E-state index contributed by atoms with van der Waals surface area (Å²) in [5.74, 6) is -1.39. The first-order chi connectivity index (χ1) is 11.2. The number of carbonyl (C=O) groups excluding carboxylic acids is 1. The molecular weight excluding hydrogens is 334 g/mol. The van der Waals surface area contributed by atoms with E-state index >= 15 is 0 Å². The highest BCUT2D eigenvalue weighted by Gasteiger charge is 2.31. The van der Waals surface area contributed by atoms with E-state index in [1.807, 2.05) is 0 Å². The van der Waals surface area contributed by atoms with Crippen LogP contribution in [0.25, 0.3) is 0 Å². The van der Waals surface area contributed by atoms with Gasteiger partial charge in [0.2, 0.25) is 10.0 Å². The molecule has 1 aliphatic rings. The number of carbonyl (C=O) groups is 2. The van der Waals surface area contributed by atoms with Crippen LogP contribution in [-0.4, -0.2) is 54.9 Å². The number of carboxylic acid groups (broad SMARTS) is 1. The Morgan fingerprint density at radius 3 is 2.38 bits per heavy atom. The average molecular weight is 357 g/mol. The van der Waals surface area contributed by atoms with Gasteiger partial charge in [-0.2, -0.15) is 0 Å². The Kier molecular flexibility index (Phi) is 5.66. The molecule has 1 fully saturated rings. The number of piperidine rings is 1. The smallest absolute Gasteiger partial charge is 0.304 e. The molecule has 0 aromatic carbocycles. The number of carboxylic acids is 1. The fourth-order valence-electron chi connectivity index (χ4n) is 2.97. The maximum atomic E-state index is 12.8. The van der Waals surface area contributed by atoms with Crippen molar-refractivity contribution in [2.75, 3.05) is 19.6 Å². The summed E-state index contributed by atoms with van der Waals surface area (Å²) in [4.78, 5) is 27.9. The van der Waals surface area contributed by atoms with Crippen LogP contribution in [0.15, 0.2) is 4.90 Å². The lowest BCUT2D eigenvalue weighted by molar-refractivity contribution is -0.136. The zero-order valence-corrected chi connectivity index (χ0v) is 14.7. The van der Waals surface area contributed by atoms with E-state index in [1.54, 1.807) is 18.7 Å². The summed E-state index contributed by atoms with van der Waals surface area (Å²) in [5.41, 5.74) is 1.02. The molecule has 0 spiro atoms. The van der Waals surface area contributed by atoms with Gasteiger partial charge in [-0.25, -0.2) is 13.1 Å². The third kappa shape index (κ3) is 3.96. The first kappa shape index (κ1) is 18.5. The molecule has 0 unspecified atom stereocenters. The van der Waals surface area contributed by atoms with Gasteiger partial charge in [-0.05, 0) is 33.1 Å². The number of hydrogen-bond acceptors (Lipinski definition) is 4. The van der Waals surface area contributed by atoms with Crippen LogP contribution in [0.5, 0.6) is 0 Å². The summed E-state index contributed by atoms with van der Waals surface area (Å²) in [6.07, 6.45) is 2.56. The number of sulfonamides is 1. The molecule has 24 heavy (non-hydrogen) atoms. The van der Waals surface area contributed by atoms with Crippen molar-refractivity contribution < 1.29 is 23.1 Å². The normalized spacial score (nSPS) is 15.5. The number of likely N-dealkylation sites (tertiary alicyclic amines) is 1. The van der Waals surface area contributed by atoms with Gasteiger partial charge in [-0.3, -0.25) is 9.59 Å². The lowest BCUT2D eigenvalue weighted by atomic mass is 10.1. The topological polar surface area (TPSA) is 120 Å². The van der Waals surface area contributed by atoms with Gasteiger partial charge >= 0.3 is 5.97 Å². The zero-order valence-electron chi connectivity index (χ0n) is 13.9. The molecule has 9 heteroatoms. The predicted molar refractivity (Wildman–Crippen MR) is 87.5 cm³/mol. The minimum atomic E-state index is -3.97. The Labute approximate surface area is 141 Å². The van der Waals surface area contributed by atoms with E-state index in [0.29, 0.717) is 24.5 Å². The van der Waals surface area contributed by atoms with E-state index < -0.39 is 16.0 Å². The highest BCUT2D eigenvalue weighted by molar-refractivity contribution is 7.89. The third-order valence-electron chi connectivity index (χ3n) is 4.07. The number of H-pyrrole nitrogens is 1. The third-order valence-corrected chi connectivity index (χ3v) is 5.71. The number of aliphatic carboxylic acids is 1. The van der Waals surface area contributed by atoms with Crippen LogP contribution in [0.3, 0.4) is 0 Å². The fourth-order valence-corrected chi connectivity index (χ4v) is 4.45. The maximum Gasteiger partial charge on any atom is 0.304 e. The van der Waals surface area contributed by atoms with Crippen molar-refractivity contribution >= 4 is 21.9 Å². The number of hydrogen-bond donors (Lipinski definition) is 3. The molecule has 3 N–H and O–H groups in total. The van der Waals surface area contributed by atoms with E-state index in [9.17, 15) is 18.0 Å². The molecule has 1 saturated heterocycles. The quantitative estimate of drug-likeness (QED) is 0.702. The lowest BCUT2D eigenvalue weighted by Crippen LogP contribution is -2.37. The van der Waals surface area contributed by atoms with E-state index in [0.717, 1.165) is 19.3 Å². The maximum absolute atomic E-state index is 12.8. The number of nitrogens with zero attached hydrogens (tertiary/aromatic N) is 1. The van der Waals surface area contributed by atoms with Crippen LogP contribution < -0.4 is 4.72 Å². The Hall–Kier alpha value is -1.87. The van der Waals surface area contributed by atoms with Gasteiger partial charge in [-0.15, -0.1) is 0 Å². The minimum Gasteiger partial charge on any atom is -0.481 e. The molecule has 1 aromatic rings. The molecule has 134 valence electrons. The van der Waals surface area contributed by atoms with Crippen molar-refractivity contribution in [1.29, 1.82) is 0 Å². The first-order valence-electron chi connectivity index (χ1n) is 7.94. The second-order valence-electron chi connectivity index (χ2n) is 5.97. The second kappa shape index (κ2) is 7.35. The largest absolute Gasteiger partial charge is 0.481 e. The highest BCUT2D eigenvalue weighted by atomic mass is 32.2. The Morgan fingerprint density at radius 2 is 1.79 bits per heavy atom. The van der Waals surface area contributed by atoms with Crippen molar-refractivity contribution in [3.63, 3.8) is 0 Å². The molecular formula is C15H23N3O5S. The van der Waals surface area contributed by atoms with Crippen LogP contribution in [0.1, 0.15) is 47.4 Å². The van der Waals surface area contributed by atoms with Gasteiger partial charge in [0.15, 0.2) is 0 Å². The van der Waals surface area contributed by atoms with E-state index in [1.165, 1.54) is 0 Å². The van der Waals surface area contributed by atoms with Crippen LogP contribution in [0.2, 0.25) is 0 Å². The molecule has 2 heterocycles. The predicted octanol–water partition coefficient (Wildman–Crippen LogP) is 1.01. The number of aryl methyl sites for hydroxylation is 2. The number of aromatic amines is 1. The van der Waals surface area contributed by atoms with Gasteiger partial charge in [0.25, 0.3) is 5.91 Å². The molecule has 0 saturated carbocycles. The van der Waals surface area contributed by atoms with Gasteiger partial charge < -0.3 is 15.0 Å². The molecule has 0 bridgehead atoms. The number of amides is 1. The molecule has 1 aromatic heterocycles. The van der Waals surface area contributed by atoms with E-state index in [2.05, 4.69) is 9.71 Å². The van der Waals surface area contributed by atoms with Crippen molar-refractivity contribution in [2.24, 2.45) is 0 Å². The fraction of sp³-hybridized carbons (Fsp3) is 0.600. The van der Waals surface area contributed by atoms with Gasteiger partial charge in [0.05, 0.1) is 12.0 Å². The van der Waals surface area contributed by atoms with Crippen molar-refractivity contribution in [3.8, 4) is 0 Å². The van der Waals surface area contributed by atoms with Crippen molar-refractivity contribution in [2.45, 2.75) is 44.4 Å². The summed E-state index contributed by atoms with van der Waals surface area (Å²) in [6, 6.07) is 0. The molecule has 0 aliphatic carbocycles. The van der Waals surface area contributed by atoms with Crippen LogP contribution in [-0.2, 0) is 14.8 Å². The summed E-state index contributed by atoms with van der Waals surface area (Å²) in [6.45, 7) is 4.27. The monoisotopic (exact) mass is 357 g/mol. The standard InChI is InChI=1S/C15H23N3O5S/c1-10-13(15(21)18-8-4-3-5-9-18)14(11(2)17-10)24(22,23)16-7-6-12(19)20/h16-17H,3-9H2,1-2H3,(H,19,20). The molecule has 1 amide bonds. The SMILES string of the molecule is Cc1[nH]c(C)c(S(=O)(=O)NCCC(=O)O)c1C(=O)N1CCCCC1. The van der Waals surface area contributed by atoms with E-state index in [4.69, 9.17) is 5.11 Å². The van der Waals surface area contributed by atoms with Crippen LogP contribution in [0.4, 0.5) is 0 Å². The average Bonchev–Trinajstić information content (AvgIpc) is 2.82. The zero-order chi connectivity index (χ0) is 17.9. The van der Waals surface area contributed by atoms with Gasteiger partial charge in [0.1, 0.15) is 4.90 Å². The Bertz CT molecular complexity index is 733. The number of aromatic nitrogens is 1. The molecule has 2 rings (SSSR count). The van der Waals surface area contributed by atoms with E-state index in [-0.39, 0.29) is 29.3 Å². The Morgan fingerprint density at radius 1 is 1.17 bits per heavy atom. The summed E-state index contributed by atoms with van der Waals surface area (Å²) in [5, 5.41) is 8.65. The Balaban J connectivity index is 2.33. The second-order valence-corrected chi connectivity index (χ2v) is 7.68. The first-order valence-corrected chi connectivity index (χ1v) is 9.42. The van der Waals surface area contributed by atoms with Gasteiger partial charge in [0, 0.05) is 31.0 Å². The number of nitrogens with one attached hydrogen (secondary N) is 2.